The van der Waals surface area contributed by atoms with Gasteiger partial charge < -0.3 is 14.3 Å². The smallest absolute Gasteiger partial charge is 0.208 e. The molecule has 0 saturated heterocycles. The molecule has 0 unspecified atom stereocenters. The van der Waals surface area contributed by atoms with E-state index in [0.717, 1.165) is 88.1 Å². The van der Waals surface area contributed by atoms with E-state index in [9.17, 15) is 0 Å². The summed E-state index contributed by atoms with van der Waals surface area (Å²) in [5.74, 6) is 1.97. The van der Waals surface area contributed by atoms with Crippen molar-refractivity contribution in [3.8, 4) is 0 Å². The molecule has 0 fully saturated rings. The average Bonchev–Trinajstić information content (AvgIpc) is 3.92. The maximum absolute atomic E-state index is 6.10. The fourth-order valence-corrected chi connectivity index (χ4v) is 8.08. The van der Waals surface area contributed by atoms with E-state index >= 15 is 0 Å². The third-order valence-corrected chi connectivity index (χ3v) is 10.7. The molecule has 274 valence electrons. The first-order valence-electron chi connectivity index (χ1n) is 18.9. The van der Waals surface area contributed by atoms with Crippen LogP contribution in [0.15, 0.2) is 188 Å². The monoisotopic (exact) mass is 739 g/mol. The lowest BCUT2D eigenvalue weighted by Gasteiger charge is -2.16. The summed E-state index contributed by atoms with van der Waals surface area (Å²) in [6.07, 6.45) is 0. The fourth-order valence-electron chi connectivity index (χ4n) is 8.08. The molecule has 0 amide bonds. The Kier molecular flexibility index (Phi) is 8.49. The second kappa shape index (κ2) is 14.2. The van der Waals surface area contributed by atoms with E-state index < -0.39 is 0 Å². The Morgan fingerprint density at radius 2 is 1.28 bits per heavy atom. The van der Waals surface area contributed by atoms with Crippen LogP contribution in [-0.4, -0.2) is 40.5 Å². The minimum atomic E-state index is 0.332. The lowest BCUT2D eigenvalue weighted by Crippen LogP contribution is -2.36. The summed E-state index contributed by atoms with van der Waals surface area (Å²) in [6, 6.07) is 56.1. The van der Waals surface area contributed by atoms with Crippen molar-refractivity contribution in [2.75, 3.05) is 7.05 Å². The van der Waals surface area contributed by atoms with Crippen LogP contribution in [0.25, 0.3) is 65.6 Å². The lowest BCUT2D eigenvalue weighted by atomic mass is 10.1. The molecule has 1 N–H and O–H groups in total. The third kappa shape index (κ3) is 5.86. The van der Waals surface area contributed by atoms with E-state index in [-0.39, 0.29) is 0 Å². The lowest BCUT2D eigenvalue weighted by molar-refractivity contribution is 0.669. The molecule has 8 heteroatoms. The number of amidine groups is 2. The van der Waals surface area contributed by atoms with Crippen LogP contribution in [-0.2, 0) is 13.2 Å². The summed E-state index contributed by atoms with van der Waals surface area (Å²) in [5.41, 5.74) is 8.87. The summed E-state index contributed by atoms with van der Waals surface area (Å²) < 4.78 is 10.6. The van der Waals surface area contributed by atoms with Gasteiger partial charge in [0.15, 0.2) is 5.84 Å². The maximum atomic E-state index is 6.10. The molecule has 10 aromatic rings. The van der Waals surface area contributed by atoms with Crippen LogP contribution >= 0.6 is 0 Å². The van der Waals surface area contributed by atoms with Crippen molar-refractivity contribution < 1.29 is 4.42 Å². The average molecular weight is 740 g/mol. The normalized spacial score (nSPS) is 12.8. The van der Waals surface area contributed by atoms with E-state index in [0.29, 0.717) is 25.0 Å². The fraction of sp³-hybridized carbons (Fsp3) is 0.0612. The number of furan rings is 1. The Morgan fingerprint density at radius 1 is 0.596 bits per heavy atom. The number of hydrogen-bond donors (Lipinski definition) is 1. The van der Waals surface area contributed by atoms with Crippen LogP contribution in [0.5, 0.6) is 0 Å². The van der Waals surface area contributed by atoms with Crippen molar-refractivity contribution in [1.82, 2.24) is 14.5 Å². The first-order valence-corrected chi connectivity index (χ1v) is 18.9. The minimum absolute atomic E-state index is 0.332. The second-order valence-corrected chi connectivity index (χ2v) is 13.9. The van der Waals surface area contributed by atoms with Crippen molar-refractivity contribution >= 4 is 89.9 Å². The Bertz CT molecular complexity index is 3240. The molecule has 0 aliphatic carbocycles. The van der Waals surface area contributed by atoms with E-state index in [4.69, 9.17) is 19.4 Å². The predicted octanol–water partition coefficient (Wildman–Crippen LogP) is 11.0. The topological polar surface area (TPSA) is 84.5 Å². The first kappa shape index (κ1) is 33.9. The van der Waals surface area contributed by atoms with Gasteiger partial charge in [0.05, 0.1) is 28.6 Å². The summed E-state index contributed by atoms with van der Waals surface area (Å²) in [6.45, 7) is 4.80. The number of nitrogens with zero attached hydrogens (tertiary/aromatic N) is 6. The molecule has 0 spiro atoms. The number of benzene rings is 7. The highest BCUT2D eigenvalue weighted by atomic mass is 16.3. The zero-order valence-corrected chi connectivity index (χ0v) is 31.3. The Labute approximate surface area is 328 Å². The highest BCUT2D eigenvalue weighted by Crippen LogP contribution is 2.39. The molecule has 0 atom stereocenters. The summed E-state index contributed by atoms with van der Waals surface area (Å²) >= 11 is 0. The number of hydrogen-bond acceptors (Lipinski definition) is 4. The number of aliphatic imine (C=N–C) groups is 4. The molecule has 57 heavy (non-hydrogen) atoms. The first-order chi connectivity index (χ1) is 28.2. The van der Waals surface area contributed by atoms with E-state index in [1.165, 1.54) is 0 Å². The molecule has 3 heterocycles. The van der Waals surface area contributed by atoms with Gasteiger partial charge in [-0.1, -0.05) is 121 Å². The van der Waals surface area contributed by atoms with Gasteiger partial charge in [-0.15, -0.1) is 0 Å². The van der Waals surface area contributed by atoms with Gasteiger partial charge >= 0.3 is 0 Å². The molecule has 0 saturated carbocycles. The van der Waals surface area contributed by atoms with Crippen molar-refractivity contribution in [2.45, 2.75) is 13.2 Å². The summed E-state index contributed by atoms with van der Waals surface area (Å²) in [7, 11) is 1.82. The van der Waals surface area contributed by atoms with Gasteiger partial charge in [-0.3, -0.25) is 14.6 Å². The standard InChI is InChI=1S/C49H37N7O/c1-50-47(34-25-28-44-39(29-34)36-20-11-14-24-43(36)57-44)53-31-55-40-22-12-9-19-35(40)37-26-27-42-45(46(37)55)38-21-10-13-23-41(38)56(42)49(51-2)54-48(33-17-7-4-8-18-33)52-30-32-15-5-3-6-16-32/h3-29H,1,30-31H2,2H3,(H,51,52,54)/b53-47-. The van der Waals surface area contributed by atoms with E-state index in [1.54, 1.807) is 0 Å². The molecule has 7 aromatic carbocycles. The Hall–Kier alpha value is -7.58. The second-order valence-electron chi connectivity index (χ2n) is 13.9. The van der Waals surface area contributed by atoms with Gasteiger partial charge in [0.1, 0.15) is 23.7 Å². The van der Waals surface area contributed by atoms with Gasteiger partial charge in [-0.2, -0.15) is 0 Å². The molecule has 0 radical (unpaired) electrons. The highest BCUT2D eigenvalue weighted by molar-refractivity contribution is 6.28. The number of fused-ring (bicyclic) bond motifs is 10. The SMILES string of the molecule is C=N/C(=N\Cn1c2ccccc2c2ccc3c(c4ccccc4n3C(=NC)NC(=NCc3ccccc3)c3ccccc3)c21)c1ccc2oc3ccccc3c2c1. The van der Waals surface area contributed by atoms with Crippen molar-refractivity contribution in [3.63, 3.8) is 0 Å². The number of para-hydroxylation sites is 3. The van der Waals surface area contributed by atoms with Crippen molar-refractivity contribution in [2.24, 2.45) is 20.0 Å². The van der Waals surface area contributed by atoms with Gasteiger partial charge in [-0.25, -0.2) is 9.98 Å². The predicted molar refractivity (Wildman–Crippen MR) is 237 cm³/mol. The van der Waals surface area contributed by atoms with Gasteiger partial charge in [0.2, 0.25) is 5.96 Å². The Morgan fingerprint density at radius 3 is 2.07 bits per heavy atom. The van der Waals surface area contributed by atoms with Crippen LogP contribution in [0.2, 0.25) is 0 Å². The van der Waals surface area contributed by atoms with Gasteiger partial charge in [0.25, 0.3) is 0 Å². The summed E-state index contributed by atoms with van der Waals surface area (Å²) in [4.78, 5) is 19.6. The van der Waals surface area contributed by atoms with Crippen LogP contribution in [0.3, 0.4) is 0 Å². The van der Waals surface area contributed by atoms with Crippen molar-refractivity contribution in [3.05, 3.63) is 180 Å². The molecule has 0 aliphatic heterocycles. The highest BCUT2D eigenvalue weighted by Gasteiger charge is 2.22. The summed E-state index contributed by atoms with van der Waals surface area (Å²) in [5, 5.41) is 10.3. The maximum Gasteiger partial charge on any atom is 0.208 e. The van der Waals surface area contributed by atoms with Crippen LogP contribution in [0.1, 0.15) is 16.7 Å². The number of aromatic nitrogens is 2. The molecule has 0 aliphatic rings. The number of nitrogens with one attached hydrogen (secondary N) is 1. The zero-order chi connectivity index (χ0) is 38.3. The molecule has 8 nitrogen and oxygen atoms in total. The molecule has 3 aromatic heterocycles. The van der Waals surface area contributed by atoms with E-state index in [2.05, 4.69) is 123 Å². The Balaban J connectivity index is 1.13. The molecule has 10 rings (SSSR count). The van der Waals surface area contributed by atoms with Gasteiger partial charge in [0, 0.05) is 50.5 Å². The van der Waals surface area contributed by atoms with Crippen LogP contribution in [0, 0.1) is 0 Å². The van der Waals surface area contributed by atoms with Crippen molar-refractivity contribution in [1.29, 1.82) is 0 Å². The quantitative estimate of drug-likeness (QED) is 0.136. The molecular weight excluding hydrogens is 703 g/mol. The van der Waals surface area contributed by atoms with Crippen LogP contribution in [0.4, 0.5) is 0 Å². The molecule has 0 bridgehead atoms. The number of rotatable bonds is 6. The zero-order valence-electron chi connectivity index (χ0n) is 31.3. The largest absolute Gasteiger partial charge is 0.456 e. The van der Waals surface area contributed by atoms with Gasteiger partial charge in [-0.05, 0) is 54.7 Å². The van der Waals surface area contributed by atoms with Crippen LogP contribution < -0.4 is 5.32 Å². The molecular formula is C49H37N7O. The third-order valence-electron chi connectivity index (χ3n) is 10.7. The van der Waals surface area contributed by atoms with E-state index in [1.807, 2.05) is 73.8 Å². The minimum Gasteiger partial charge on any atom is -0.456 e.